The van der Waals surface area contributed by atoms with E-state index in [1.54, 1.807) is 6.20 Å². The molecule has 1 aromatic heterocycles. The Morgan fingerprint density at radius 3 is 3.05 bits per heavy atom. The molecule has 1 saturated carbocycles. The largest absolute Gasteiger partial charge is 0.337 e. The molecule has 0 spiro atoms. The summed E-state index contributed by atoms with van der Waals surface area (Å²) in [4.78, 5) is 14.5. The molecule has 2 heterocycles. The number of amides is 1. The van der Waals surface area contributed by atoms with Crippen molar-refractivity contribution >= 4 is 5.91 Å². The average molecular weight is 301 g/mol. The predicted molar refractivity (Wildman–Crippen MR) is 81.9 cm³/mol. The number of piperidine rings is 1. The van der Waals surface area contributed by atoms with Crippen molar-refractivity contribution in [1.82, 2.24) is 20.4 Å². The first-order valence-electron chi connectivity index (χ1n) is 8.04. The number of hydrogen-bond donors (Lipinski definition) is 2. The summed E-state index contributed by atoms with van der Waals surface area (Å²) < 4.78 is 0. The Morgan fingerprint density at radius 2 is 2.41 bits per heavy atom. The number of hydrogen-bond acceptors (Lipinski definition) is 4. The van der Waals surface area contributed by atoms with Gasteiger partial charge in [0.25, 0.3) is 0 Å². The number of aromatic amines is 1. The Hall–Kier alpha value is -1.87. The number of aromatic nitrogens is 2. The molecule has 0 aromatic carbocycles. The van der Waals surface area contributed by atoms with Gasteiger partial charge in [0.15, 0.2) is 0 Å². The zero-order valence-corrected chi connectivity index (χ0v) is 13.0. The summed E-state index contributed by atoms with van der Waals surface area (Å²) in [7, 11) is 0. The van der Waals surface area contributed by atoms with Gasteiger partial charge in [-0.1, -0.05) is 0 Å². The molecule has 3 rings (SSSR count). The third-order valence-corrected chi connectivity index (χ3v) is 4.86. The van der Waals surface area contributed by atoms with Crippen molar-refractivity contribution in [3.05, 3.63) is 18.0 Å². The SMILES string of the molecule is C[C@](C#N)(NC(=O)CN1CCC[C@@H](c2ccn[nH]2)C1)C1CC1. The van der Waals surface area contributed by atoms with Crippen LogP contribution in [0, 0.1) is 17.2 Å². The summed E-state index contributed by atoms with van der Waals surface area (Å²) >= 11 is 0. The van der Waals surface area contributed by atoms with Crippen molar-refractivity contribution in [2.24, 2.45) is 5.92 Å². The minimum absolute atomic E-state index is 0.0405. The van der Waals surface area contributed by atoms with Crippen LogP contribution in [0.4, 0.5) is 0 Å². The number of rotatable bonds is 5. The molecule has 0 bridgehead atoms. The number of nitrogens with one attached hydrogen (secondary N) is 2. The van der Waals surface area contributed by atoms with Crippen LogP contribution < -0.4 is 5.32 Å². The van der Waals surface area contributed by atoms with E-state index in [1.165, 1.54) is 0 Å². The number of carbonyl (C=O) groups excluding carboxylic acids is 1. The molecular formula is C16H23N5O. The summed E-state index contributed by atoms with van der Waals surface area (Å²) in [6.07, 6.45) is 6.05. The molecule has 1 amide bonds. The second kappa shape index (κ2) is 6.09. The molecule has 2 aliphatic rings. The zero-order chi connectivity index (χ0) is 15.6. The Morgan fingerprint density at radius 1 is 1.59 bits per heavy atom. The molecular weight excluding hydrogens is 278 g/mol. The molecule has 118 valence electrons. The number of carbonyl (C=O) groups is 1. The third kappa shape index (κ3) is 3.30. The van der Waals surface area contributed by atoms with E-state index in [-0.39, 0.29) is 5.91 Å². The van der Waals surface area contributed by atoms with Crippen molar-refractivity contribution in [2.45, 2.75) is 44.1 Å². The number of likely N-dealkylation sites (tertiary alicyclic amines) is 1. The van der Waals surface area contributed by atoms with Crippen molar-refractivity contribution in [1.29, 1.82) is 5.26 Å². The van der Waals surface area contributed by atoms with Crippen LogP contribution >= 0.6 is 0 Å². The highest BCUT2D eigenvalue weighted by Gasteiger charge is 2.43. The Labute approximate surface area is 130 Å². The van der Waals surface area contributed by atoms with E-state index < -0.39 is 5.54 Å². The van der Waals surface area contributed by atoms with Gasteiger partial charge in [0.2, 0.25) is 5.91 Å². The summed E-state index contributed by atoms with van der Waals surface area (Å²) in [6, 6.07) is 4.28. The normalized spacial score (nSPS) is 25.2. The van der Waals surface area contributed by atoms with E-state index in [0.29, 0.717) is 18.4 Å². The summed E-state index contributed by atoms with van der Waals surface area (Å²) in [5.41, 5.74) is 0.445. The van der Waals surface area contributed by atoms with E-state index >= 15 is 0 Å². The van der Waals surface area contributed by atoms with Crippen LogP contribution in [0.15, 0.2) is 12.3 Å². The molecule has 2 fully saturated rings. The van der Waals surface area contributed by atoms with Crippen LogP contribution in [0.3, 0.4) is 0 Å². The van der Waals surface area contributed by atoms with Gasteiger partial charge in [0, 0.05) is 24.4 Å². The van der Waals surface area contributed by atoms with Crippen molar-refractivity contribution < 1.29 is 4.79 Å². The van der Waals surface area contributed by atoms with Crippen LogP contribution in [-0.2, 0) is 4.79 Å². The van der Waals surface area contributed by atoms with E-state index in [0.717, 1.165) is 44.5 Å². The molecule has 1 saturated heterocycles. The Kier molecular flexibility index (Phi) is 4.16. The fourth-order valence-corrected chi connectivity index (χ4v) is 3.36. The van der Waals surface area contributed by atoms with Crippen LogP contribution in [0.5, 0.6) is 0 Å². The standard InChI is InChI=1S/C16H23N5O/c1-16(11-17,13-4-5-13)19-15(22)10-21-8-2-3-12(9-21)14-6-7-18-20-14/h6-7,12-13H,2-5,8-10H2,1H3,(H,18,20)(H,19,22)/t12-,16-/m1/s1. The maximum atomic E-state index is 12.3. The van der Waals surface area contributed by atoms with Gasteiger partial charge in [-0.15, -0.1) is 0 Å². The van der Waals surface area contributed by atoms with E-state index in [1.807, 2.05) is 13.0 Å². The van der Waals surface area contributed by atoms with Crippen LogP contribution in [0.1, 0.15) is 44.2 Å². The fraction of sp³-hybridized carbons (Fsp3) is 0.688. The lowest BCUT2D eigenvalue weighted by molar-refractivity contribution is -0.124. The lowest BCUT2D eigenvalue weighted by Crippen LogP contribution is -2.51. The number of H-pyrrole nitrogens is 1. The number of nitriles is 1. The van der Waals surface area contributed by atoms with Crippen LogP contribution in [-0.4, -0.2) is 46.2 Å². The third-order valence-electron chi connectivity index (χ3n) is 4.86. The molecule has 0 unspecified atom stereocenters. The molecule has 1 aliphatic carbocycles. The van der Waals surface area contributed by atoms with Crippen molar-refractivity contribution in [3.8, 4) is 6.07 Å². The van der Waals surface area contributed by atoms with Gasteiger partial charge in [-0.25, -0.2) is 0 Å². The first-order valence-corrected chi connectivity index (χ1v) is 8.04. The molecule has 6 heteroatoms. The summed E-state index contributed by atoms with van der Waals surface area (Å²) in [5.74, 6) is 0.691. The van der Waals surface area contributed by atoms with Crippen LogP contribution in [0.25, 0.3) is 0 Å². The van der Waals surface area contributed by atoms with Crippen molar-refractivity contribution in [3.63, 3.8) is 0 Å². The summed E-state index contributed by atoms with van der Waals surface area (Å²) in [5, 5.41) is 19.3. The van der Waals surface area contributed by atoms with E-state index in [2.05, 4.69) is 26.5 Å². The monoisotopic (exact) mass is 301 g/mol. The van der Waals surface area contributed by atoms with E-state index in [4.69, 9.17) is 0 Å². The molecule has 2 N–H and O–H groups in total. The van der Waals surface area contributed by atoms with Gasteiger partial charge in [0.1, 0.15) is 5.54 Å². The predicted octanol–water partition coefficient (Wildman–Crippen LogP) is 1.40. The Balaban J connectivity index is 1.54. The maximum Gasteiger partial charge on any atom is 0.235 e. The van der Waals surface area contributed by atoms with Gasteiger partial charge >= 0.3 is 0 Å². The molecule has 22 heavy (non-hydrogen) atoms. The highest BCUT2D eigenvalue weighted by Crippen LogP contribution is 2.39. The molecule has 1 aliphatic heterocycles. The molecule has 1 aromatic rings. The quantitative estimate of drug-likeness (QED) is 0.861. The highest BCUT2D eigenvalue weighted by atomic mass is 16.2. The van der Waals surface area contributed by atoms with Gasteiger partial charge in [-0.2, -0.15) is 10.4 Å². The minimum atomic E-state index is -0.699. The highest BCUT2D eigenvalue weighted by molar-refractivity contribution is 5.79. The molecule has 2 atom stereocenters. The maximum absolute atomic E-state index is 12.3. The smallest absolute Gasteiger partial charge is 0.235 e. The van der Waals surface area contributed by atoms with Gasteiger partial charge < -0.3 is 5.32 Å². The summed E-state index contributed by atoms with van der Waals surface area (Å²) in [6.45, 7) is 4.01. The number of nitrogens with zero attached hydrogens (tertiary/aromatic N) is 3. The minimum Gasteiger partial charge on any atom is -0.337 e. The fourth-order valence-electron chi connectivity index (χ4n) is 3.36. The average Bonchev–Trinajstić information content (AvgIpc) is 3.23. The molecule has 0 radical (unpaired) electrons. The van der Waals surface area contributed by atoms with Gasteiger partial charge in [0.05, 0.1) is 12.6 Å². The first-order chi connectivity index (χ1) is 10.6. The second-order valence-electron chi connectivity index (χ2n) is 6.72. The van der Waals surface area contributed by atoms with Gasteiger partial charge in [-0.3, -0.25) is 14.8 Å². The van der Waals surface area contributed by atoms with Crippen molar-refractivity contribution in [2.75, 3.05) is 19.6 Å². The zero-order valence-electron chi connectivity index (χ0n) is 13.0. The Bertz CT molecular complexity index is 560. The lowest BCUT2D eigenvalue weighted by atomic mass is 9.94. The van der Waals surface area contributed by atoms with Gasteiger partial charge in [-0.05, 0) is 51.1 Å². The second-order valence-corrected chi connectivity index (χ2v) is 6.72. The topological polar surface area (TPSA) is 84.8 Å². The van der Waals surface area contributed by atoms with E-state index in [9.17, 15) is 10.1 Å². The lowest BCUT2D eigenvalue weighted by Gasteiger charge is -2.32. The molecule has 6 nitrogen and oxygen atoms in total. The first kappa shape index (κ1) is 15.0. The van der Waals surface area contributed by atoms with Crippen LogP contribution in [0.2, 0.25) is 0 Å².